The number of aliphatic hydroxyl groups excluding tert-OH is 1. The molecular formula is C14H24O2. The van der Waals surface area contributed by atoms with Crippen LogP contribution in [0, 0.1) is 6.92 Å². The van der Waals surface area contributed by atoms with Crippen molar-refractivity contribution in [1.29, 1.82) is 0 Å². The van der Waals surface area contributed by atoms with E-state index in [-0.39, 0.29) is 11.9 Å². The molecule has 0 spiro atoms. The predicted octanol–water partition coefficient (Wildman–Crippen LogP) is 3.37. The molecule has 0 aliphatic rings. The lowest BCUT2D eigenvalue weighted by atomic mass is 10.2. The van der Waals surface area contributed by atoms with Crippen LogP contribution in [-0.2, 0) is 4.79 Å². The molecule has 0 aliphatic heterocycles. The van der Waals surface area contributed by atoms with E-state index in [0.29, 0.717) is 6.42 Å². The first-order chi connectivity index (χ1) is 7.40. The summed E-state index contributed by atoms with van der Waals surface area (Å²) in [6.45, 7) is 8.96. The number of hydrogen-bond acceptors (Lipinski definition) is 2. The van der Waals surface area contributed by atoms with E-state index in [9.17, 15) is 4.79 Å². The number of aliphatic hydroxyl groups is 1. The maximum atomic E-state index is 9.81. The summed E-state index contributed by atoms with van der Waals surface area (Å²) in [7, 11) is 0. The molecule has 1 aromatic rings. The first-order valence-corrected chi connectivity index (χ1v) is 5.59. The van der Waals surface area contributed by atoms with E-state index in [0.717, 1.165) is 0 Å². The van der Waals surface area contributed by atoms with Crippen LogP contribution in [0.2, 0.25) is 0 Å². The molecule has 92 valence electrons. The lowest BCUT2D eigenvalue weighted by molar-refractivity contribution is -0.116. The predicted molar refractivity (Wildman–Crippen MR) is 69.5 cm³/mol. The zero-order valence-electron chi connectivity index (χ0n) is 11.0. The highest BCUT2D eigenvalue weighted by Crippen LogP contribution is 1.92. The summed E-state index contributed by atoms with van der Waals surface area (Å²) in [5.74, 6) is 0.255. The highest BCUT2D eigenvalue weighted by molar-refractivity contribution is 5.74. The van der Waals surface area contributed by atoms with Gasteiger partial charge in [-0.15, -0.1) is 0 Å². The number of carbonyl (C=O) groups excluding carboxylic acids is 1. The van der Waals surface area contributed by atoms with Gasteiger partial charge in [0.05, 0.1) is 0 Å². The zero-order chi connectivity index (χ0) is 13.0. The Morgan fingerprint density at radius 2 is 1.56 bits per heavy atom. The summed E-state index contributed by atoms with van der Waals surface area (Å²) in [6, 6.07) is 10.3. The van der Waals surface area contributed by atoms with Gasteiger partial charge in [-0.05, 0) is 27.7 Å². The number of Topliss-reactive ketones (excluding diaryl/α,β-unsaturated/α-hetero) is 1. The average Bonchev–Trinajstić information content (AvgIpc) is 2.19. The molecule has 0 atom stereocenters. The van der Waals surface area contributed by atoms with Crippen molar-refractivity contribution in [3.63, 3.8) is 0 Å². The van der Waals surface area contributed by atoms with Gasteiger partial charge in [-0.1, -0.05) is 42.8 Å². The molecule has 0 unspecified atom stereocenters. The second-order valence-electron chi connectivity index (χ2n) is 3.80. The van der Waals surface area contributed by atoms with E-state index in [1.165, 1.54) is 5.56 Å². The van der Waals surface area contributed by atoms with Gasteiger partial charge in [-0.3, -0.25) is 0 Å². The zero-order valence-corrected chi connectivity index (χ0v) is 11.0. The van der Waals surface area contributed by atoms with Crippen LogP contribution in [0.15, 0.2) is 30.3 Å². The smallest absolute Gasteiger partial charge is 0.129 e. The van der Waals surface area contributed by atoms with Crippen molar-refractivity contribution in [3.8, 4) is 0 Å². The number of benzene rings is 1. The molecule has 1 rings (SSSR count). The van der Waals surface area contributed by atoms with E-state index in [2.05, 4.69) is 19.1 Å². The fourth-order valence-corrected chi connectivity index (χ4v) is 0.534. The Hall–Kier alpha value is -1.15. The Labute approximate surface area is 99.3 Å². The second kappa shape index (κ2) is 11.9. The van der Waals surface area contributed by atoms with Crippen LogP contribution in [0.1, 0.15) is 39.7 Å². The quantitative estimate of drug-likeness (QED) is 0.794. The highest BCUT2D eigenvalue weighted by Gasteiger charge is 1.77. The lowest BCUT2D eigenvalue weighted by Gasteiger charge is -1.82. The number of ketones is 1. The molecule has 1 N–H and O–H groups in total. The third kappa shape index (κ3) is 23.0. The first kappa shape index (κ1) is 17.3. The second-order valence-corrected chi connectivity index (χ2v) is 3.80. The van der Waals surface area contributed by atoms with Gasteiger partial charge in [0.25, 0.3) is 0 Å². The van der Waals surface area contributed by atoms with Crippen LogP contribution in [0.3, 0.4) is 0 Å². The molecule has 0 amide bonds. The van der Waals surface area contributed by atoms with Crippen LogP contribution >= 0.6 is 0 Å². The molecule has 0 aliphatic carbocycles. The summed E-state index contributed by atoms with van der Waals surface area (Å²) >= 11 is 0. The number of rotatable bonds is 1. The van der Waals surface area contributed by atoms with Crippen LogP contribution in [0.4, 0.5) is 0 Å². The topological polar surface area (TPSA) is 37.3 Å². The van der Waals surface area contributed by atoms with Crippen molar-refractivity contribution in [2.24, 2.45) is 0 Å². The first-order valence-electron chi connectivity index (χ1n) is 5.59. The van der Waals surface area contributed by atoms with Gasteiger partial charge in [-0.2, -0.15) is 0 Å². The standard InChI is InChI=1S/C7H8.C4H8O.C3H8O/c1-7-5-3-2-4-6-7;1-3-4(2)5;1-3(2)4/h2-6H,1H3;3H2,1-2H3;3-4H,1-2H3. The minimum atomic E-state index is -0.167. The van der Waals surface area contributed by atoms with Gasteiger partial charge in [0, 0.05) is 12.5 Å². The molecule has 0 radical (unpaired) electrons. The molecule has 1 aromatic carbocycles. The minimum Gasteiger partial charge on any atom is -0.394 e. The highest BCUT2D eigenvalue weighted by atomic mass is 16.3. The molecule has 2 nitrogen and oxygen atoms in total. The molecule has 0 bridgehead atoms. The van der Waals surface area contributed by atoms with Gasteiger partial charge >= 0.3 is 0 Å². The van der Waals surface area contributed by atoms with E-state index in [1.54, 1.807) is 20.8 Å². The molecule has 0 aromatic heterocycles. The van der Waals surface area contributed by atoms with Gasteiger partial charge in [0.1, 0.15) is 5.78 Å². The van der Waals surface area contributed by atoms with E-state index < -0.39 is 0 Å². The van der Waals surface area contributed by atoms with Crippen molar-refractivity contribution in [3.05, 3.63) is 35.9 Å². The van der Waals surface area contributed by atoms with Crippen LogP contribution < -0.4 is 0 Å². The minimum absolute atomic E-state index is 0.167. The van der Waals surface area contributed by atoms with Gasteiger partial charge < -0.3 is 9.90 Å². The molecule has 0 saturated heterocycles. The SMILES string of the molecule is CC(C)O.CCC(C)=O.Cc1ccccc1. The van der Waals surface area contributed by atoms with Crippen LogP contribution in [0.5, 0.6) is 0 Å². The Kier molecular flexibility index (Phi) is 12.9. The van der Waals surface area contributed by atoms with Crippen molar-refractivity contribution in [2.45, 2.75) is 47.1 Å². The van der Waals surface area contributed by atoms with Crippen molar-refractivity contribution < 1.29 is 9.90 Å². The van der Waals surface area contributed by atoms with Crippen LogP contribution in [-0.4, -0.2) is 17.0 Å². The van der Waals surface area contributed by atoms with Gasteiger partial charge in [0.2, 0.25) is 0 Å². The van der Waals surface area contributed by atoms with Crippen molar-refractivity contribution >= 4 is 5.78 Å². The maximum absolute atomic E-state index is 9.81. The summed E-state index contributed by atoms with van der Waals surface area (Å²) < 4.78 is 0. The summed E-state index contributed by atoms with van der Waals surface area (Å²) in [6.07, 6.45) is 0.500. The fraction of sp³-hybridized carbons (Fsp3) is 0.500. The summed E-state index contributed by atoms with van der Waals surface area (Å²) in [4.78, 5) is 9.81. The molecule has 16 heavy (non-hydrogen) atoms. The van der Waals surface area contributed by atoms with Crippen molar-refractivity contribution in [2.75, 3.05) is 0 Å². The molecular weight excluding hydrogens is 200 g/mol. The third-order valence-electron chi connectivity index (χ3n) is 1.44. The van der Waals surface area contributed by atoms with E-state index in [4.69, 9.17) is 5.11 Å². The van der Waals surface area contributed by atoms with E-state index >= 15 is 0 Å². The molecule has 0 fully saturated rings. The molecule has 2 heteroatoms. The Morgan fingerprint density at radius 3 is 1.69 bits per heavy atom. The largest absolute Gasteiger partial charge is 0.394 e. The monoisotopic (exact) mass is 224 g/mol. The van der Waals surface area contributed by atoms with Crippen molar-refractivity contribution in [1.82, 2.24) is 0 Å². The Morgan fingerprint density at radius 1 is 1.25 bits per heavy atom. The Balaban J connectivity index is 0. The maximum Gasteiger partial charge on any atom is 0.129 e. The van der Waals surface area contributed by atoms with E-state index in [1.807, 2.05) is 25.1 Å². The molecule has 0 saturated carbocycles. The van der Waals surface area contributed by atoms with Crippen LogP contribution in [0.25, 0.3) is 0 Å². The number of aryl methyl sites for hydroxylation is 1. The number of carbonyl (C=O) groups is 1. The van der Waals surface area contributed by atoms with Gasteiger partial charge in [-0.25, -0.2) is 0 Å². The fourth-order valence-electron chi connectivity index (χ4n) is 0.534. The summed E-state index contributed by atoms with van der Waals surface area (Å²) in [5, 5.41) is 8.06. The normalized spacial score (nSPS) is 8.44. The lowest BCUT2D eigenvalue weighted by Crippen LogP contribution is -1.85. The number of hydrogen-bond donors (Lipinski definition) is 1. The Bertz CT molecular complexity index is 250. The average molecular weight is 224 g/mol. The third-order valence-corrected chi connectivity index (χ3v) is 1.44. The summed E-state index contributed by atoms with van der Waals surface area (Å²) in [5.41, 5.74) is 1.32. The molecule has 0 heterocycles. The van der Waals surface area contributed by atoms with Gasteiger partial charge in [0.15, 0.2) is 0 Å².